The maximum Gasteiger partial charge on any atom is 0.230 e. The molecule has 0 saturated heterocycles. The number of imidazole rings is 1. The third-order valence-corrected chi connectivity index (χ3v) is 2.34. The number of hydrogen-bond donors (Lipinski definition) is 2. The first kappa shape index (κ1) is 11.4. The molecule has 0 aliphatic rings. The number of hydrogen-bond acceptors (Lipinski definition) is 5. The third-order valence-electron chi connectivity index (χ3n) is 2.05. The summed E-state index contributed by atoms with van der Waals surface area (Å²) in [6, 6.07) is 0. The zero-order valence-electron chi connectivity index (χ0n) is 9.14. The Kier molecular flexibility index (Phi) is 2.72. The van der Waals surface area contributed by atoms with Crippen LogP contribution in [0.2, 0.25) is 0 Å². The highest BCUT2D eigenvalue weighted by atomic mass is 32.1. The quantitative estimate of drug-likeness (QED) is 0.740. The van der Waals surface area contributed by atoms with Crippen molar-refractivity contribution in [3.05, 3.63) is 11.0 Å². The normalized spacial score (nSPS) is 10.5. The number of nitrogens with one attached hydrogen (secondary N) is 2. The molecule has 88 valence electrons. The van der Waals surface area contributed by atoms with Crippen LogP contribution in [0.5, 0.6) is 0 Å². The maximum atomic E-state index is 11.3. The first-order valence-corrected chi connectivity index (χ1v) is 5.16. The van der Waals surface area contributed by atoms with Crippen molar-refractivity contribution >= 4 is 41.1 Å². The molecule has 0 aliphatic carbocycles. The largest absolute Gasteiger partial charge is 0.309 e. The van der Waals surface area contributed by atoms with E-state index < -0.39 is 0 Å². The van der Waals surface area contributed by atoms with Crippen LogP contribution in [0.15, 0.2) is 6.33 Å². The summed E-state index contributed by atoms with van der Waals surface area (Å²) < 4.78 is 1.53. The van der Waals surface area contributed by atoms with Gasteiger partial charge in [0.05, 0.1) is 0 Å². The molecule has 0 unspecified atom stereocenters. The van der Waals surface area contributed by atoms with Crippen molar-refractivity contribution in [1.29, 1.82) is 0 Å². The lowest BCUT2D eigenvalue weighted by atomic mass is 10.5. The van der Waals surface area contributed by atoms with E-state index in [1.807, 2.05) is 0 Å². The molecule has 0 fully saturated rings. The van der Waals surface area contributed by atoms with E-state index in [1.165, 1.54) is 24.7 Å². The maximum absolute atomic E-state index is 11.3. The number of fused-ring (bicyclic) bond motifs is 1. The van der Waals surface area contributed by atoms with Crippen molar-refractivity contribution in [2.24, 2.45) is 0 Å². The van der Waals surface area contributed by atoms with Crippen molar-refractivity contribution in [2.45, 2.75) is 13.8 Å². The molecule has 0 aliphatic heterocycles. The zero-order chi connectivity index (χ0) is 12.6. The Morgan fingerprint density at radius 3 is 2.76 bits per heavy atom. The van der Waals surface area contributed by atoms with Crippen molar-refractivity contribution in [1.82, 2.24) is 19.5 Å². The fraction of sp³-hybridized carbons (Fsp3) is 0.222. The first-order valence-electron chi connectivity index (χ1n) is 4.75. The minimum Gasteiger partial charge on any atom is -0.309 e. The molecule has 17 heavy (non-hydrogen) atoms. The molecule has 0 bridgehead atoms. The van der Waals surface area contributed by atoms with Crippen molar-refractivity contribution < 1.29 is 9.59 Å². The summed E-state index contributed by atoms with van der Waals surface area (Å²) in [5, 5.41) is 2.47. The number of aromatic nitrogens is 4. The summed E-state index contributed by atoms with van der Waals surface area (Å²) in [5.41, 5.74) is 0.838. The number of amides is 1. The highest BCUT2D eigenvalue weighted by Crippen LogP contribution is 2.13. The average Bonchev–Trinajstić information content (AvgIpc) is 2.60. The number of anilines is 1. The fourth-order valence-electron chi connectivity index (χ4n) is 1.38. The zero-order valence-corrected chi connectivity index (χ0v) is 9.96. The van der Waals surface area contributed by atoms with Gasteiger partial charge in [-0.05, 0) is 0 Å². The number of aromatic amines is 1. The van der Waals surface area contributed by atoms with Crippen LogP contribution in [0.1, 0.15) is 18.6 Å². The summed E-state index contributed by atoms with van der Waals surface area (Å²) in [6.07, 6.45) is 1.36. The van der Waals surface area contributed by atoms with E-state index in [9.17, 15) is 9.59 Å². The summed E-state index contributed by atoms with van der Waals surface area (Å²) >= 11 is 5.02. The predicted molar refractivity (Wildman–Crippen MR) is 63.3 cm³/mol. The van der Waals surface area contributed by atoms with Gasteiger partial charge in [0.15, 0.2) is 4.64 Å². The van der Waals surface area contributed by atoms with Crippen LogP contribution >= 0.6 is 12.2 Å². The molecular formula is C9H9N5O2S. The molecule has 1 amide bonds. The third kappa shape index (κ3) is 2.07. The Balaban J connectivity index is 2.69. The van der Waals surface area contributed by atoms with Crippen LogP contribution < -0.4 is 5.32 Å². The monoisotopic (exact) mass is 251 g/mol. The number of nitrogens with zero attached hydrogens (tertiary/aromatic N) is 3. The van der Waals surface area contributed by atoms with Crippen LogP contribution in [0.4, 0.5) is 5.95 Å². The minimum absolute atomic E-state index is 0.193. The number of carbonyl (C=O) groups is 2. The van der Waals surface area contributed by atoms with E-state index in [4.69, 9.17) is 12.2 Å². The van der Waals surface area contributed by atoms with Crippen LogP contribution in [-0.2, 0) is 4.79 Å². The Morgan fingerprint density at radius 2 is 2.18 bits per heavy atom. The Hall–Kier alpha value is -2.09. The Labute approximate surface area is 101 Å². The van der Waals surface area contributed by atoms with E-state index in [-0.39, 0.29) is 22.4 Å². The Bertz CT molecular complexity index is 672. The van der Waals surface area contributed by atoms with E-state index in [2.05, 4.69) is 20.3 Å². The van der Waals surface area contributed by atoms with Crippen molar-refractivity contribution in [2.75, 3.05) is 5.32 Å². The van der Waals surface area contributed by atoms with Gasteiger partial charge < -0.3 is 4.98 Å². The molecule has 0 aromatic carbocycles. The molecule has 2 aromatic rings. The van der Waals surface area contributed by atoms with Gasteiger partial charge in [-0.1, -0.05) is 12.2 Å². The van der Waals surface area contributed by atoms with Gasteiger partial charge in [-0.2, -0.15) is 0 Å². The summed E-state index contributed by atoms with van der Waals surface area (Å²) in [6.45, 7) is 2.75. The lowest BCUT2D eigenvalue weighted by Gasteiger charge is -2.03. The van der Waals surface area contributed by atoms with E-state index in [0.29, 0.717) is 11.2 Å². The summed E-state index contributed by atoms with van der Waals surface area (Å²) in [4.78, 5) is 33.0. The molecule has 0 saturated carbocycles. The average molecular weight is 251 g/mol. The molecule has 2 rings (SSSR count). The number of carbonyl (C=O) groups excluding carboxylic acids is 2. The molecule has 8 heteroatoms. The molecule has 0 spiro atoms. The molecule has 2 aromatic heterocycles. The van der Waals surface area contributed by atoms with Gasteiger partial charge in [-0.3, -0.25) is 19.5 Å². The van der Waals surface area contributed by atoms with Crippen LogP contribution in [0, 0.1) is 4.64 Å². The van der Waals surface area contributed by atoms with Gasteiger partial charge in [0.25, 0.3) is 0 Å². The van der Waals surface area contributed by atoms with Gasteiger partial charge in [0.1, 0.15) is 17.5 Å². The van der Waals surface area contributed by atoms with Gasteiger partial charge >= 0.3 is 0 Å². The van der Waals surface area contributed by atoms with E-state index in [1.54, 1.807) is 0 Å². The van der Waals surface area contributed by atoms with Crippen LogP contribution in [-0.4, -0.2) is 31.3 Å². The second kappa shape index (κ2) is 4.06. The Morgan fingerprint density at radius 1 is 1.47 bits per heavy atom. The smallest absolute Gasteiger partial charge is 0.230 e. The van der Waals surface area contributed by atoms with Crippen molar-refractivity contribution in [3.8, 4) is 0 Å². The predicted octanol–water partition coefficient (Wildman–Crippen LogP) is 1.11. The standard InChI is InChI=1S/C9H9N5O2S/c1-4(15)11-9-12-7-6(8(17)13-9)10-3-14(7)5(2)16/h3H,1-2H3,(H2,11,12,13,15,17). The lowest BCUT2D eigenvalue weighted by molar-refractivity contribution is -0.114. The summed E-state index contributed by atoms with van der Waals surface area (Å²) in [5.74, 6) is -0.299. The van der Waals surface area contributed by atoms with Crippen molar-refractivity contribution in [3.63, 3.8) is 0 Å². The van der Waals surface area contributed by atoms with Crippen LogP contribution in [0.3, 0.4) is 0 Å². The van der Waals surface area contributed by atoms with Gasteiger partial charge in [-0.15, -0.1) is 0 Å². The fourth-order valence-corrected chi connectivity index (χ4v) is 1.62. The topological polar surface area (TPSA) is 92.7 Å². The molecule has 0 atom stereocenters. The second-order valence-corrected chi connectivity index (χ2v) is 3.79. The minimum atomic E-state index is -0.281. The molecular weight excluding hydrogens is 242 g/mol. The van der Waals surface area contributed by atoms with E-state index in [0.717, 1.165) is 0 Å². The number of H-pyrrole nitrogens is 1. The lowest BCUT2D eigenvalue weighted by Crippen LogP contribution is -2.11. The molecule has 2 heterocycles. The molecule has 7 nitrogen and oxygen atoms in total. The highest BCUT2D eigenvalue weighted by molar-refractivity contribution is 7.71. The van der Waals surface area contributed by atoms with Crippen LogP contribution in [0.25, 0.3) is 11.2 Å². The van der Waals surface area contributed by atoms with Gasteiger partial charge in [0, 0.05) is 13.8 Å². The van der Waals surface area contributed by atoms with E-state index >= 15 is 0 Å². The SMILES string of the molecule is CC(=O)Nc1nc(=S)c2ncn(C(C)=O)c2[nH]1. The first-order chi connectivity index (χ1) is 7.99. The highest BCUT2D eigenvalue weighted by Gasteiger charge is 2.10. The molecule has 0 radical (unpaired) electrons. The van der Waals surface area contributed by atoms with Gasteiger partial charge in [-0.25, -0.2) is 9.97 Å². The second-order valence-electron chi connectivity index (χ2n) is 3.40. The van der Waals surface area contributed by atoms with Gasteiger partial charge in [0.2, 0.25) is 17.8 Å². The molecule has 2 N–H and O–H groups in total. The summed E-state index contributed by atoms with van der Waals surface area (Å²) in [7, 11) is 0. The number of rotatable bonds is 1.